The lowest BCUT2D eigenvalue weighted by molar-refractivity contribution is -0.0171. The van der Waals surface area contributed by atoms with Crippen LogP contribution in [0.5, 0.6) is 0 Å². The van der Waals surface area contributed by atoms with Gasteiger partial charge < -0.3 is 14.1 Å². The molecule has 5 nitrogen and oxygen atoms in total. The summed E-state index contributed by atoms with van der Waals surface area (Å²) in [5.74, 6) is 1.24. The summed E-state index contributed by atoms with van der Waals surface area (Å²) in [6, 6.07) is 1.75. The van der Waals surface area contributed by atoms with Gasteiger partial charge in [0, 0.05) is 38.6 Å². The summed E-state index contributed by atoms with van der Waals surface area (Å²) >= 11 is 0. The number of amides is 1. The molecule has 2 fully saturated rings. The molecule has 0 spiro atoms. The predicted octanol–water partition coefficient (Wildman–Crippen LogP) is 1.94. The molecular formula is C17H24N2O3. The van der Waals surface area contributed by atoms with Crippen molar-refractivity contribution in [1.29, 1.82) is 0 Å². The van der Waals surface area contributed by atoms with Gasteiger partial charge in [0.05, 0.1) is 24.5 Å². The van der Waals surface area contributed by atoms with E-state index in [1.165, 1.54) is 0 Å². The Morgan fingerprint density at radius 2 is 2.32 bits per heavy atom. The third-order valence-corrected chi connectivity index (χ3v) is 4.69. The zero-order valence-corrected chi connectivity index (χ0v) is 13.2. The molecule has 0 N–H and O–H groups in total. The third-order valence-electron chi connectivity index (χ3n) is 4.69. The van der Waals surface area contributed by atoms with Crippen LogP contribution in [0.15, 0.2) is 29.4 Å². The largest absolute Gasteiger partial charge is 0.469 e. The first-order valence-corrected chi connectivity index (χ1v) is 7.97. The number of hydrogen-bond acceptors (Lipinski definition) is 4. The van der Waals surface area contributed by atoms with Crippen LogP contribution in [0.3, 0.4) is 0 Å². The molecule has 3 rings (SSSR count). The van der Waals surface area contributed by atoms with E-state index in [2.05, 4.69) is 11.5 Å². The van der Waals surface area contributed by atoms with Crippen LogP contribution < -0.4 is 0 Å². The average Bonchev–Trinajstić information content (AvgIpc) is 2.83. The van der Waals surface area contributed by atoms with Gasteiger partial charge in [-0.05, 0) is 19.4 Å². The van der Waals surface area contributed by atoms with Gasteiger partial charge in [0.1, 0.15) is 5.76 Å². The first-order valence-electron chi connectivity index (χ1n) is 7.97. The molecule has 1 amide bonds. The highest BCUT2D eigenvalue weighted by molar-refractivity contribution is 5.95. The zero-order valence-electron chi connectivity index (χ0n) is 13.2. The normalized spacial score (nSPS) is 26.3. The Kier molecular flexibility index (Phi) is 4.64. The van der Waals surface area contributed by atoms with Crippen LogP contribution in [-0.2, 0) is 4.74 Å². The highest BCUT2D eigenvalue weighted by Gasteiger charge is 2.35. The van der Waals surface area contributed by atoms with Crippen LogP contribution in [0.2, 0.25) is 0 Å². The SMILES string of the molecule is C=CCN1CCO[C@@H]2CN(C(=O)c3ccoc3C)CC[C@@H]2C1. The lowest BCUT2D eigenvalue weighted by Crippen LogP contribution is -2.49. The Hall–Kier alpha value is -1.59. The number of aryl methyl sites for hydroxylation is 1. The fraction of sp³-hybridized carbons (Fsp3) is 0.588. The molecule has 0 saturated carbocycles. The molecule has 0 aliphatic carbocycles. The number of fused-ring (bicyclic) bond motifs is 1. The maximum atomic E-state index is 12.6. The standard InChI is InChI=1S/C17H24N2O3/c1-3-6-18-8-10-22-16-12-19(7-4-14(16)11-18)17(20)15-5-9-21-13(15)2/h3,5,9,14,16H,1,4,6-8,10-12H2,2H3/t14-,16-/m1/s1. The summed E-state index contributed by atoms with van der Waals surface area (Å²) in [5.41, 5.74) is 0.667. The molecule has 1 aromatic rings. The second kappa shape index (κ2) is 6.67. The van der Waals surface area contributed by atoms with Crippen molar-refractivity contribution in [1.82, 2.24) is 9.80 Å². The monoisotopic (exact) mass is 304 g/mol. The van der Waals surface area contributed by atoms with Crippen molar-refractivity contribution in [3.05, 3.63) is 36.3 Å². The molecule has 0 radical (unpaired) electrons. The summed E-state index contributed by atoms with van der Waals surface area (Å²) in [4.78, 5) is 16.9. The molecule has 2 saturated heterocycles. The van der Waals surface area contributed by atoms with E-state index in [1.807, 2.05) is 17.9 Å². The van der Waals surface area contributed by atoms with Crippen LogP contribution in [0.25, 0.3) is 0 Å². The first-order chi connectivity index (χ1) is 10.7. The Morgan fingerprint density at radius 1 is 1.45 bits per heavy atom. The lowest BCUT2D eigenvalue weighted by atomic mass is 9.93. The predicted molar refractivity (Wildman–Crippen MR) is 83.8 cm³/mol. The van der Waals surface area contributed by atoms with Gasteiger partial charge in [-0.3, -0.25) is 9.69 Å². The van der Waals surface area contributed by atoms with Crippen molar-refractivity contribution in [2.24, 2.45) is 5.92 Å². The van der Waals surface area contributed by atoms with Crippen LogP contribution in [-0.4, -0.2) is 61.1 Å². The molecule has 120 valence electrons. The summed E-state index contributed by atoms with van der Waals surface area (Å²) in [5, 5.41) is 0. The van der Waals surface area contributed by atoms with Gasteiger partial charge in [-0.15, -0.1) is 6.58 Å². The Balaban J connectivity index is 1.65. The summed E-state index contributed by atoms with van der Waals surface area (Å²) < 4.78 is 11.3. The minimum atomic E-state index is 0.0560. The number of nitrogens with zero attached hydrogens (tertiary/aromatic N) is 2. The highest BCUT2D eigenvalue weighted by Crippen LogP contribution is 2.25. The Bertz CT molecular complexity index is 540. The van der Waals surface area contributed by atoms with Gasteiger partial charge in [0.25, 0.3) is 5.91 Å². The van der Waals surface area contributed by atoms with Gasteiger partial charge in [0.2, 0.25) is 0 Å². The van der Waals surface area contributed by atoms with E-state index in [0.717, 1.165) is 39.2 Å². The number of likely N-dealkylation sites (tertiary alicyclic amines) is 1. The van der Waals surface area contributed by atoms with Crippen molar-refractivity contribution in [3.63, 3.8) is 0 Å². The molecule has 5 heteroatoms. The van der Waals surface area contributed by atoms with Gasteiger partial charge in [-0.1, -0.05) is 6.08 Å². The van der Waals surface area contributed by atoms with E-state index in [1.54, 1.807) is 12.3 Å². The molecule has 2 aliphatic rings. The van der Waals surface area contributed by atoms with Crippen LogP contribution in [0, 0.1) is 12.8 Å². The molecule has 0 bridgehead atoms. The zero-order chi connectivity index (χ0) is 15.5. The first kappa shape index (κ1) is 15.3. The van der Waals surface area contributed by atoms with Gasteiger partial charge >= 0.3 is 0 Å². The van der Waals surface area contributed by atoms with E-state index in [9.17, 15) is 4.79 Å². The van der Waals surface area contributed by atoms with E-state index in [4.69, 9.17) is 9.15 Å². The molecule has 0 aromatic carbocycles. The maximum Gasteiger partial charge on any atom is 0.257 e. The number of carbonyl (C=O) groups is 1. The lowest BCUT2D eigenvalue weighted by Gasteiger charge is -2.38. The van der Waals surface area contributed by atoms with Crippen molar-refractivity contribution in [2.45, 2.75) is 19.4 Å². The van der Waals surface area contributed by atoms with Gasteiger partial charge in [-0.25, -0.2) is 0 Å². The maximum absolute atomic E-state index is 12.6. The smallest absolute Gasteiger partial charge is 0.257 e. The van der Waals surface area contributed by atoms with Crippen molar-refractivity contribution >= 4 is 5.91 Å². The molecular weight excluding hydrogens is 280 g/mol. The molecule has 2 atom stereocenters. The number of carbonyl (C=O) groups excluding carboxylic acids is 1. The Morgan fingerprint density at radius 3 is 3.05 bits per heavy atom. The fourth-order valence-electron chi connectivity index (χ4n) is 3.43. The minimum Gasteiger partial charge on any atom is -0.469 e. The van der Waals surface area contributed by atoms with Crippen molar-refractivity contribution in [2.75, 3.05) is 39.3 Å². The number of ether oxygens (including phenoxy) is 1. The average molecular weight is 304 g/mol. The van der Waals surface area contributed by atoms with Gasteiger partial charge in [-0.2, -0.15) is 0 Å². The van der Waals surface area contributed by atoms with Crippen molar-refractivity contribution < 1.29 is 13.9 Å². The van der Waals surface area contributed by atoms with Crippen LogP contribution >= 0.6 is 0 Å². The Labute approximate surface area is 131 Å². The fourth-order valence-corrected chi connectivity index (χ4v) is 3.43. The number of furan rings is 1. The van der Waals surface area contributed by atoms with Gasteiger partial charge in [0.15, 0.2) is 0 Å². The summed E-state index contributed by atoms with van der Waals surface area (Å²) in [6.07, 6.45) is 4.64. The minimum absolute atomic E-state index is 0.0560. The van der Waals surface area contributed by atoms with Crippen LogP contribution in [0.4, 0.5) is 0 Å². The number of piperidine rings is 1. The molecule has 3 heterocycles. The summed E-state index contributed by atoms with van der Waals surface area (Å²) in [6.45, 7) is 10.7. The second-order valence-electron chi connectivity index (χ2n) is 6.15. The highest BCUT2D eigenvalue weighted by atomic mass is 16.5. The van der Waals surface area contributed by atoms with E-state index < -0.39 is 0 Å². The molecule has 0 unspecified atom stereocenters. The topological polar surface area (TPSA) is 45.9 Å². The second-order valence-corrected chi connectivity index (χ2v) is 6.15. The van der Waals surface area contributed by atoms with Crippen molar-refractivity contribution in [3.8, 4) is 0 Å². The third kappa shape index (κ3) is 3.10. The quantitative estimate of drug-likeness (QED) is 0.801. The molecule has 1 aromatic heterocycles. The van der Waals surface area contributed by atoms with E-state index in [-0.39, 0.29) is 12.0 Å². The molecule has 22 heavy (non-hydrogen) atoms. The van der Waals surface area contributed by atoms with E-state index in [0.29, 0.717) is 23.8 Å². The number of rotatable bonds is 3. The number of hydrogen-bond donors (Lipinski definition) is 0. The molecule has 2 aliphatic heterocycles. The van der Waals surface area contributed by atoms with Crippen LogP contribution in [0.1, 0.15) is 22.5 Å². The van der Waals surface area contributed by atoms with E-state index >= 15 is 0 Å². The summed E-state index contributed by atoms with van der Waals surface area (Å²) in [7, 11) is 0.